The highest BCUT2D eigenvalue weighted by Gasteiger charge is 2.23. The van der Waals surface area contributed by atoms with Gasteiger partial charge in [0.25, 0.3) is 0 Å². The van der Waals surface area contributed by atoms with Crippen molar-refractivity contribution in [1.82, 2.24) is 28.7 Å². The van der Waals surface area contributed by atoms with E-state index >= 15 is 0 Å². The summed E-state index contributed by atoms with van der Waals surface area (Å²) in [6.45, 7) is 3.00. The molecule has 35 heavy (non-hydrogen) atoms. The third-order valence-corrected chi connectivity index (χ3v) is 6.51. The highest BCUT2D eigenvalue weighted by Crippen LogP contribution is 2.31. The van der Waals surface area contributed by atoms with Crippen molar-refractivity contribution in [3.8, 4) is 16.9 Å². The number of aromatic nitrogens is 6. The maximum Gasteiger partial charge on any atom is 0.132 e. The normalized spacial score (nSPS) is 12.3. The Hall–Kier alpha value is -4.45. The van der Waals surface area contributed by atoms with Crippen molar-refractivity contribution < 1.29 is 0 Å². The molecule has 0 saturated carbocycles. The molecule has 4 aromatic heterocycles. The summed E-state index contributed by atoms with van der Waals surface area (Å²) >= 11 is 0. The van der Waals surface area contributed by atoms with Crippen LogP contribution in [-0.4, -0.2) is 28.7 Å². The topological polar surface area (TPSA) is 53.5 Å². The van der Waals surface area contributed by atoms with Crippen molar-refractivity contribution in [2.75, 3.05) is 0 Å². The summed E-state index contributed by atoms with van der Waals surface area (Å²) in [7, 11) is 0. The van der Waals surface area contributed by atoms with Crippen LogP contribution in [0.2, 0.25) is 0 Å². The van der Waals surface area contributed by atoms with Crippen molar-refractivity contribution >= 4 is 10.9 Å². The SMILES string of the molecule is CCn1c(-c2ccc(-n3ccnc3)cc2)cnc1[C@H](Cc1ccncc1)n1[c]cc2ccccc21. The molecule has 4 heterocycles. The van der Waals surface area contributed by atoms with Gasteiger partial charge in [-0.25, -0.2) is 9.97 Å². The number of imidazole rings is 2. The van der Waals surface area contributed by atoms with Gasteiger partial charge in [0.2, 0.25) is 0 Å². The number of hydrogen-bond acceptors (Lipinski definition) is 3. The zero-order valence-corrected chi connectivity index (χ0v) is 19.5. The molecule has 171 valence electrons. The van der Waals surface area contributed by atoms with Gasteiger partial charge in [0.1, 0.15) is 5.82 Å². The zero-order valence-electron chi connectivity index (χ0n) is 19.5. The van der Waals surface area contributed by atoms with Crippen LogP contribution in [0, 0.1) is 6.20 Å². The highest BCUT2D eigenvalue weighted by molar-refractivity contribution is 5.80. The molecule has 0 unspecified atom stereocenters. The molecule has 0 aliphatic rings. The minimum Gasteiger partial charge on any atom is -0.328 e. The van der Waals surface area contributed by atoms with E-state index in [2.05, 4.69) is 99.0 Å². The Bertz CT molecular complexity index is 1540. The van der Waals surface area contributed by atoms with Crippen LogP contribution in [0.3, 0.4) is 0 Å². The van der Waals surface area contributed by atoms with E-state index in [4.69, 9.17) is 4.98 Å². The first-order valence-corrected chi connectivity index (χ1v) is 11.8. The largest absolute Gasteiger partial charge is 0.328 e. The first kappa shape index (κ1) is 21.1. The van der Waals surface area contributed by atoms with E-state index in [-0.39, 0.29) is 6.04 Å². The predicted molar refractivity (Wildman–Crippen MR) is 137 cm³/mol. The molecule has 6 rings (SSSR count). The van der Waals surface area contributed by atoms with E-state index in [1.54, 1.807) is 6.20 Å². The molecule has 6 nitrogen and oxygen atoms in total. The lowest BCUT2D eigenvalue weighted by molar-refractivity contribution is 0.528. The lowest BCUT2D eigenvalue weighted by atomic mass is 10.1. The summed E-state index contributed by atoms with van der Waals surface area (Å²) in [5.41, 5.74) is 5.70. The lowest BCUT2D eigenvalue weighted by Gasteiger charge is -2.22. The van der Waals surface area contributed by atoms with Gasteiger partial charge in [-0.3, -0.25) is 4.98 Å². The van der Waals surface area contributed by atoms with E-state index in [0.29, 0.717) is 0 Å². The Morgan fingerprint density at radius 3 is 2.51 bits per heavy atom. The van der Waals surface area contributed by atoms with Crippen LogP contribution < -0.4 is 0 Å². The zero-order chi connectivity index (χ0) is 23.6. The summed E-state index contributed by atoms with van der Waals surface area (Å²) < 4.78 is 6.56. The van der Waals surface area contributed by atoms with E-state index in [0.717, 1.165) is 41.3 Å². The monoisotopic (exact) mass is 457 g/mol. The van der Waals surface area contributed by atoms with E-state index in [9.17, 15) is 0 Å². The fraction of sp³-hybridized carbons (Fsp3) is 0.138. The number of benzene rings is 2. The molecule has 0 amide bonds. The molecule has 0 bridgehead atoms. The summed E-state index contributed by atoms with van der Waals surface area (Å²) in [4.78, 5) is 13.3. The minimum atomic E-state index is -0.00350. The minimum absolute atomic E-state index is 0.00350. The number of para-hydroxylation sites is 1. The van der Waals surface area contributed by atoms with Crippen molar-refractivity contribution in [1.29, 1.82) is 0 Å². The first-order valence-electron chi connectivity index (χ1n) is 11.8. The van der Waals surface area contributed by atoms with Crippen LogP contribution in [0.15, 0.2) is 104 Å². The Balaban J connectivity index is 1.44. The molecular formula is C29H25N6. The average Bonchev–Trinajstić information content (AvgIpc) is 3.68. The van der Waals surface area contributed by atoms with Gasteiger partial charge in [-0.15, -0.1) is 0 Å². The van der Waals surface area contributed by atoms with Crippen molar-refractivity contribution in [3.63, 3.8) is 0 Å². The molecule has 6 heteroatoms. The van der Waals surface area contributed by atoms with Crippen molar-refractivity contribution in [3.05, 3.63) is 122 Å². The standard InChI is InChI=1S/C29H25N6/c1-2-34-28(24-7-9-25(10-8-24)33-18-16-31-21-33)20-32-29(34)27(19-22-11-14-30-15-12-22)35-17-13-23-5-3-4-6-26(23)35/h3-16,18,20-21,27H,2,19H2,1H3/t27-/m0/s1. The lowest BCUT2D eigenvalue weighted by Crippen LogP contribution is -2.18. The van der Waals surface area contributed by atoms with Gasteiger partial charge in [0, 0.05) is 54.3 Å². The van der Waals surface area contributed by atoms with Gasteiger partial charge in [-0.1, -0.05) is 30.3 Å². The Labute approximate surface area is 204 Å². The van der Waals surface area contributed by atoms with Crippen LogP contribution in [0.4, 0.5) is 0 Å². The second-order valence-electron chi connectivity index (χ2n) is 8.54. The molecule has 1 atom stereocenters. The third-order valence-electron chi connectivity index (χ3n) is 6.51. The van der Waals surface area contributed by atoms with Crippen LogP contribution in [0.1, 0.15) is 24.4 Å². The summed E-state index contributed by atoms with van der Waals surface area (Å²) in [6.07, 6.45) is 15.5. The molecule has 0 saturated heterocycles. The van der Waals surface area contributed by atoms with Gasteiger partial charge >= 0.3 is 0 Å². The fourth-order valence-corrected chi connectivity index (χ4v) is 4.77. The third kappa shape index (κ3) is 3.93. The molecule has 2 aromatic carbocycles. The van der Waals surface area contributed by atoms with Gasteiger partial charge in [-0.05, 0) is 54.4 Å². The molecular weight excluding hydrogens is 432 g/mol. The molecule has 0 N–H and O–H groups in total. The smallest absolute Gasteiger partial charge is 0.132 e. The van der Waals surface area contributed by atoms with E-state index < -0.39 is 0 Å². The van der Waals surface area contributed by atoms with Crippen LogP contribution in [0.5, 0.6) is 0 Å². The van der Waals surface area contributed by atoms with Crippen molar-refractivity contribution in [2.45, 2.75) is 25.9 Å². The number of pyridine rings is 1. The number of fused-ring (bicyclic) bond motifs is 1. The highest BCUT2D eigenvalue weighted by atomic mass is 15.1. The second kappa shape index (κ2) is 9.06. The Kier molecular flexibility index (Phi) is 5.47. The molecule has 0 aliphatic heterocycles. The van der Waals surface area contributed by atoms with Crippen LogP contribution in [0.25, 0.3) is 27.8 Å². The van der Waals surface area contributed by atoms with Crippen LogP contribution in [-0.2, 0) is 13.0 Å². The fourth-order valence-electron chi connectivity index (χ4n) is 4.77. The Morgan fingerprint density at radius 1 is 0.914 bits per heavy atom. The molecule has 0 spiro atoms. The number of hydrogen-bond donors (Lipinski definition) is 0. The first-order chi connectivity index (χ1) is 17.3. The molecule has 6 aromatic rings. The van der Waals surface area contributed by atoms with Gasteiger partial charge in [0.05, 0.1) is 30.5 Å². The summed E-state index contributed by atoms with van der Waals surface area (Å²) in [5.74, 6) is 1.02. The quantitative estimate of drug-likeness (QED) is 0.307. The number of nitrogens with zero attached hydrogens (tertiary/aromatic N) is 6. The maximum atomic E-state index is 4.99. The van der Waals surface area contributed by atoms with Crippen LogP contribution >= 0.6 is 0 Å². The predicted octanol–water partition coefficient (Wildman–Crippen LogP) is 5.74. The molecule has 1 radical (unpaired) electrons. The van der Waals surface area contributed by atoms with Gasteiger partial charge in [0.15, 0.2) is 0 Å². The van der Waals surface area contributed by atoms with Gasteiger partial charge < -0.3 is 13.7 Å². The van der Waals surface area contributed by atoms with Crippen molar-refractivity contribution in [2.24, 2.45) is 0 Å². The number of rotatable bonds is 7. The maximum absolute atomic E-state index is 4.99. The van der Waals surface area contributed by atoms with Gasteiger partial charge in [-0.2, -0.15) is 0 Å². The van der Waals surface area contributed by atoms with E-state index in [1.807, 2.05) is 35.7 Å². The summed E-state index contributed by atoms with van der Waals surface area (Å²) in [6, 6.07) is 23.2. The second-order valence-corrected chi connectivity index (χ2v) is 8.54. The molecule has 0 fully saturated rings. The van der Waals surface area contributed by atoms with E-state index in [1.165, 1.54) is 10.9 Å². The summed E-state index contributed by atoms with van der Waals surface area (Å²) in [5, 5.41) is 1.18. The molecule has 0 aliphatic carbocycles. The Morgan fingerprint density at radius 2 is 1.74 bits per heavy atom. The average molecular weight is 458 g/mol.